The highest BCUT2D eigenvalue weighted by Gasteiger charge is 2.49. The Labute approximate surface area is 89.5 Å². The maximum Gasteiger partial charge on any atom is 0.323 e. The summed E-state index contributed by atoms with van der Waals surface area (Å²) in [5.41, 5.74) is 0.566. The first kappa shape index (κ1) is 10.5. The fourth-order valence-electron chi connectivity index (χ4n) is 2.70. The number of hydrogen-bond acceptors (Lipinski definition) is 3. The fourth-order valence-corrected chi connectivity index (χ4v) is 2.70. The lowest BCUT2D eigenvalue weighted by molar-refractivity contribution is -0.155. The van der Waals surface area contributed by atoms with Crippen LogP contribution in [0.4, 0.5) is 0 Å². The molecule has 3 aliphatic heterocycles. The number of ether oxygens (including phenoxy) is 1. The molecule has 3 heterocycles. The van der Waals surface area contributed by atoms with Gasteiger partial charge in [-0.3, -0.25) is 9.69 Å². The second-order valence-electron chi connectivity index (χ2n) is 4.62. The molecule has 0 aromatic heterocycles. The molecule has 0 aliphatic carbocycles. The summed E-state index contributed by atoms with van der Waals surface area (Å²) in [6.45, 7) is 3.45. The average molecular weight is 211 g/mol. The highest BCUT2D eigenvalue weighted by atomic mass is 16.5. The highest BCUT2D eigenvalue weighted by molar-refractivity contribution is 5.79. The van der Waals surface area contributed by atoms with Crippen LogP contribution in [0, 0.1) is 5.92 Å². The van der Waals surface area contributed by atoms with Crippen molar-refractivity contribution >= 4 is 5.97 Å². The molecule has 0 aromatic carbocycles. The highest BCUT2D eigenvalue weighted by Crippen LogP contribution is 2.41. The van der Waals surface area contributed by atoms with Crippen molar-refractivity contribution in [2.75, 3.05) is 20.2 Å². The SMILES string of the molecule is COC=C1CN2CCC1CC2(C)C(=O)O. The van der Waals surface area contributed by atoms with Gasteiger partial charge in [0.15, 0.2) is 0 Å². The third-order valence-electron chi connectivity index (χ3n) is 3.72. The summed E-state index contributed by atoms with van der Waals surface area (Å²) in [5, 5.41) is 9.24. The van der Waals surface area contributed by atoms with Gasteiger partial charge in [0.05, 0.1) is 13.4 Å². The predicted molar refractivity (Wildman–Crippen MR) is 55.4 cm³/mol. The Hall–Kier alpha value is -1.03. The van der Waals surface area contributed by atoms with Crippen molar-refractivity contribution in [3.05, 3.63) is 11.8 Å². The summed E-state index contributed by atoms with van der Waals surface area (Å²) in [5.74, 6) is -0.320. The van der Waals surface area contributed by atoms with Crippen molar-refractivity contribution in [1.82, 2.24) is 4.90 Å². The van der Waals surface area contributed by atoms with Crippen LogP contribution in [0.3, 0.4) is 0 Å². The van der Waals surface area contributed by atoms with Crippen LogP contribution in [0.2, 0.25) is 0 Å². The van der Waals surface area contributed by atoms with Crippen molar-refractivity contribution in [2.45, 2.75) is 25.3 Å². The molecule has 3 rings (SSSR count). The van der Waals surface area contributed by atoms with E-state index < -0.39 is 11.5 Å². The van der Waals surface area contributed by atoms with E-state index in [4.69, 9.17) is 4.74 Å². The van der Waals surface area contributed by atoms with E-state index in [0.29, 0.717) is 12.3 Å². The zero-order valence-corrected chi connectivity index (χ0v) is 9.19. The van der Waals surface area contributed by atoms with E-state index in [-0.39, 0.29) is 0 Å². The Morgan fingerprint density at radius 3 is 2.93 bits per heavy atom. The van der Waals surface area contributed by atoms with Gasteiger partial charge in [-0.25, -0.2) is 0 Å². The van der Waals surface area contributed by atoms with Crippen LogP contribution in [-0.4, -0.2) is 41.7 Å². The Balaban J connectivity index is 2.22. The lowest BCUT2D eigenvalue weighted by Gasteiger charge is -2.51. The molecule has 0 saturated carbocycles. The van der Waals surface area contributed by atoms with E-state index in [9.17, 15) is 9.90 Å². The number of rotatable bonds is 2. The monoisotopic (exact) mass is 211 g/mol. The van der Waals surface area contributed by atoms with Crippen molar-refractivity contribution in [1.29, 1.82) is 0 Å². The standard InChI is InChI=1S/C11H17NO3/c1-11(10(13)14)5-8-3-4-12(11)6-9(8)7-15-2/h7-8H,3-6H2,1-2H3,(H,13,14). The van der Waals surface area contributed by atoms with Gasteiger partial charge in [0.1, 0.15) is 5.54 Å². The van der Waals surface area contributed by atoms with Gasteiger partial charge < -0.3 is 9.84 Å². The minimum absolute atomic E-state index is 0.385. The normalized spacial score (nSPS) is 41.9. The maximum absolute atomic E-state index is 11.2. The topological polar surface area (TPSA) is 49.8 Å². The number of methoxy groups -OCH3 is 1. The molecular weight excluding hydrogens is 194 g/mol. The van der Waals surface area contributed by atoms with Crippen molar-refractivity contribution < 1.29 is 14.6 Å². The molecule has 3 atom stereocenters. The second-order valence-corrected chi connectivity index (χ2v) is 4.62. The number of carbonyl (C=O) groups is 1. The van der Waals surface area contributed by atoms with Crippen LogP contribution in [0.5, 0.6) is 0 Å². The van der Waals surface area contributed by atoms with Gasteiger partial charge in [-0.05, 0) is 31.3 Å². The minimum atomic E-state index is -0.705. The van der Waals surface area contributed by atoms with Crippen LogP contribution in [0.25, 0.3) is 0 Å². The number of carboxylic acids is 1. The smallest absolute Gasteiger partial charge is 0.323 e. The largest absolute Gasteiger partial charge is 0.504 e. The molecule has 3 aliphatic rings. The van der Waals surface area contributed by atoms with Gasteiger partial charge >= 0.3 is 5.97 Å². The van der Waals surface area contributed by atoms with Crippen LogP contribution in [0.1, 0.15) is 19.8 Å². The summed E-state index contributed by atoms with van der Waals surface area (Å²) in [6, 6.07) is 0. The number of hydrogen-bond donors (Lipinski definition) is 1. The molecule has 2 bridgehead atoms. The van der Waals surface area contributed by atoms with Crippen LogP contribution in [-0.2, 0) is 9.53 Å². The molecule has 3 unspecified atom stereocenters. The van der Waals surface area contributed by atoms with Crippen LogP contribution >= 0.6 is 0 Å². The lowest BCUT2D eigenvalue weighted by atomic mass is 9.73. The van der Waals surface area contributed by atoms with Crippen molar-refractivity contribution in [3.8, 4) is 0 Å². The summed E-state index contributed by atoms with van der Waals surface area (Å²) in [7, 11) is 1.64. The molecule has 0 radical (unpaired) electrons. The number of carboxylic acid groups (broad SMARTS) is 1. The van der Waals surface area contributed by atoms with Gasteiger partial charge in [-0.15, -0.1) is 0 Å². The maximum atomic E-state index is 11.2. The van der Waals surface area contributed by atoms with Gasteiger partial charge in [0.2, 0.25) is 0 Å². The fraction of sp³-hybridized carbons (Fsp3) is 0.727. The van der Waals surface area contributed by atoms with E-state index in [2.05, 4.69) is 0 Å². The summed E-state index contributed by atoms with van der Waals surface area (Å²) in [6.07, 6.45) is 3.54. The molecule has 4 nitrogen and oxygen atoms in total. The molecule has 84 valence electrons. The van der Waals surface area contributed by atoms with E-state index in [1.807, 2.05) is 11.8 Å². The average Bonchev–Trinajstić information content (AvgIpc) is 2.20. The zero-order chi connectivity index (χ0) is 11.1. The van der Waals surface area contributed by atoms with Gasteiger partial charge in [-0.2, -0.15) is 0 Å². The predicted octanol–water partition coefficient (Wildman–Crippen LogP) is 1.09. The lowest BCUT2D eigenvalue weighted by Crippen LogP contribution is -2.61. The van der Waals surface area contributed by atoms with Gasteiger partial charge in [0.25, 0.3) is 0 Å². The van der Waals surface area contributed by atoms with Crippen LogP contribution < -0.4 is 0 Å². The molecule has 15 heavy (non-hydrogen) atoms. The van der Waals surface area contributed by atoms with E-state index >= 15 is 0 Å². The summed E-state index contributed by atoms with van der Waals surface area (Å²) < 4.78 is 5.03. The van der Waals surface area contributed by atoms with Gasteiger partial charge in [-0.1, -0.05) is 0 Å². The first-order valence-corrected chi connectivity index (χ1v) is 5.28. The Morgan fingerprint density at radius 1 is 1.73 bits per heavy atom. The van der Waals surface area contributed by atoms with Gasteiger partial charge in [0, 0.05) is 13.1 Å². The van der Waals surface area contributed by atoms with E-state index in [1.165, 1.54) is 5.57 Å². The molecule has 0 aromatic rings. The second kappa shape index (κ2) is 3.52. The first-order valence-electron chi connectivity index (χ1n) is 5.28. The number of nitrogens with zero attached hydrogens (tertiary/aromatic N) is 1. The van der Waals surface area contributed by atoms with Crippen molar-refractivity contribution in [2.24, 2.45) is 5.92 Å². The number of fused-ring (bicyclic) bond motifs is 3. The Morgan fingerprint density at radius 2 is 2.47 bits per heavy atom. The van der Waals surface area contributed by atoms with Crippen molar-refractivity contribution in [3.63, 3.8) is 0 Å². The number of aliphatic carboxylic acids is 1. The van der Waals surface area contributed by atoms with Crippen LogP contribution in [0.15, 0.2) is 11.8 Å². The molecule has 3 saturated heterocycles. The first-order chi connectivity index (χ1) is 7.08. The Kier molecular flexibility index (Phi) is 2.46. The Bertz CT molecular complexity index is 313. The molecule has 0 amide bonds. The molecule has 4 heteroatoms. The van der Waals surface area contributed by atoms with E-state index in [1.54, 1.807) is 13.4 Å². The third kappa shape index (κ3) is 1.53. The molecule has 1 N–H and O–H groups in total. The minimum Gasteiger partial charge on any atom is -0.504 e. The van der Waals surface area contributed by atoms with E-state index in [0.717, 1.165) is 19.5 Å². The number of piperidine rings is 3. The zero-order valence-electron chi connectivity index (χ0n) is 9.19. The summed E-state index contributed by atoms with van der Waals surface area (Å²) in [4.78, 5) is 13.3. The third-order valence-corrected chi connectivity index (χ3v) is 3.72. The summed E-state index contributed by atoms with van der Waals surface area (Å²) >= 11 is 0. The molecule has 0 spiro atoms. The molecular formula is C11H17NO3. The quantitative estimate of drug-likeness (QED) is 0.694. The molecule has 3 fully saturated rings.